The minimum atomic E-state index is -1.12. The summed E-state index contributed by atoms with van der Waals surface area (Å²) in [6, 6.07) is 15.2. The molecule has 2 aromatic rings. The van der Waals surface area contributed by atoms with Gasteiger partial charge in [-0.15, -0.1) is 0 Å². The smallest absolute Gasteiger partial charge is 0.233 e. The molecule has 0 aliphatic carbocycles. The first-order valence-corrected chi connectivity index (χ1v) is 8.20. The van der Waals surface area contributed by atoms with E-state index in [0.717, 1.165) is 22.6 Å². The van der Waals surface area contributed by atoms with Gasteiger partial charge in [0.2, 0.25) is 5.91 Å². The third kappa shape index (κ3) is 2.78. The van der Waals surface area contributed by atoms with Crippen LogP contribution in [0.5, 0.6) is 5.75 Å². The second kappa shape index (κ2) is 6.29. The fourth-order valence-corrected chi connectivity index (χ4v) is 3.30. The van der Waals surface area contributed by atoms with Crippen LogP contribution in [0.15, 0.2) is 48.5 Å². The van der Waals surface area contributed by atoms with Gasteiger partial charge in [-0.1, -0.05) is 36.8 Å². The average Bonchev–Trinajstić information content (AvgIpc) is 2.61. The number of piperidine rings is 1. The molecule has 4 heteroatoms. The van der Waals surface area contributed by atoms with Crippen molar-refractivity contribution in [3.63, 3.8) is 0 Å². The van der Waals surface area contributed by atoms with Crippen molar-refractivity contribution in [2.45, 2.75) is 25.9 Å². The van der Waals surface area contributed by atoms with Gasteiger partial charge >= 0.3 is 0 Å². The number of aliphatic hydroxyl groups is 1. The van der Waals surface area contributed by atoms with Crippen molar-refractivity contribution in [2.24, 2.45) is 5.92 Å². The van der Waals surface area contributed by atoms with E-state index in [1.165, 1.54) is 0 Å². The number of hydrogen-bond acceptors (Lipinski definition) is 3. The first kappa shape index (κ1) is 16.5. The van der Waals surface area contributed by atoms with Crippen LogP contribution in [0.25, 0.3) is 0 Å². The molecule has 2 atom stereocenters. The molecule has 0 unspecified atom stereocenters. The van der Waals surface area contributed by atoms with E-state index >= 15 is 0 Å². The highest BCUT2D eigenvalue weighted by Crippen LogP contribution is 2.39. The maximum Gasteiger partial charge on any atom is 0.233 e. The summed E-state index contributed by atoms with van der Waals surface area (Å²) in [5, 5.41) is 11.2. The lowest BCUT2D eigenvalue weighted by atomic mass is 9.76. The number of ether oxygens (including phenoxy) is 1. The Kier molecular flexibility index (Phi) is 4.33. The maximum atomic E-state index is 12.9. The number of anilines is 1. The second-order valence-corrected chi connectivity index (χ2v) is 6.45. The summed E-state index contributed by atoms with van der Waals surface area (Å²) in [7, 11) is 1.62. The molecule has 1 N–H and O–H groups in total. The molecule has 1 saturated heterocycles. The first-order chi connectivity index (χ1) is 11.5. The zero-order valence-corrected chi connectivity index (χ0v) is 14.3. The minimum absolute atomic E-state index is 0.0607. The predicted molar refractivity (Wildman–Crippen MR) is 94.2 cm³/mol. The molecule has 0 radical (unpaired) electrons. The van der Waals surface area contributed by atoms with Crippen molar-refractivity contribution < 1.29 is 14.6 Å². The first-order valence-electron chi connectivity index (χ1n) is 8.20. The minimum Gasteiger partial charge on any atom is -0.497 e. The van der Waals surface area contributed by atoms with Crippen LogP contribution in [-0.2, 0) is 10.4 Å². The van der Waals surface area contributed by atoms with E-state index in [2.05, 4.69) is 0 Å². The van der Waals surface area contributed by atoms with Crippen molar-refractivity contribution in [1.82, 2.24) is 0 Å². The Labute approximate surface area is 142 Å². The zero-order valence-electron chi connectivity index (χ0n) is 14.3. The van der Waals surface area contributed by atoms with Crippen LogP contribution >= 0.6 is 0 Å². The largest absolute Gasteiger partial charge is 0.497 e. The molecule has 2 aromatic carbocycles. The number of hydrogen-bond donors (Lipinski definition) is 1. The summed E-state index contributed by atoms with van der Waals surface area (Å²) in [4.78, 5) is 14.6. The molecule has 1 aliphatic heterocycles. The molecule has 24 heavy (non-hydrogen) atoms. The molecule has 4 nitrogen and oxygen atoms in total. The van der Waals surface area contributed by atoms with E-state index < -0.39 is 11.5 Å². The molecular formula is C20H23NO3. The third-order valence-corrected chi connectivity index (χ3v) is 5.00. The van der Waals surface area contributed by atoms with Crippen LogP contribution in [0, 0.1) is 12.8 Å². The van der Waals surface area contributed by atoms with E-state index in [1.807, 2.05) is 55.5 Å². The van der Waals surface area contributed by atoms with Gasteiger partial charge in [0.1, 0.15) is 11.4 Å². The number of carbonyl (C=O) groups is 1. The molecule has 1 fully saturated rings. The van der Waals surface area contributed by atoms with Crippen LogP contribution in [-0.4, -0.2) is 24.7 Å². The third-order valence-electron chi connectivity index (χ3n) is 5.00. The summed E-state index contributed by atoms with van der Waals surface area (Å²) in [5.41, 5.74) is 1.66. The monoisotopic (exact) mass is 325 g/mol. The SMILES string of the molecule is COc1ccc(N2CC[C@](O)(c3ccc(C)cc3)[C@@H](C)C2=O)cc1. The molecule has 0 bridgehead atoms. The molecular weight excluding hydrogens is 302 g/mol. The van der Waals surface area contributed by atoms with Crippen molar-refractivity contribution in [3.8, 4) is 5.75 Å². The highest BCUT2D eigenvalue weighted by Gasteiger charge is 2.45. The quantitative estimate of drug-likeness (QED) is 0.942. The van der Waals surface area contributed by atoms with Crippen LogP contribution in [0.4, 0.5) is 5.69 Å². The van der Waals surface area contributed by atoms with Gasteiger partial charge < -0.3 is 14.7 Å². The fraction of sp³-hybridized carbons (Fsp3) is 0.350. The van der Waals surface area contributed by atoms with Crippen LogP contribution in [0.2, 0.25) is 0 Å². The topological polar surface area (TPSA) is 49.8 Å². The van der Waals surface area contributed by atoms with Crippen molar-refractivity contribution in [1.29, 1.82) is 0 Å². The van der Waals surface area contributed by atoms with Crippen LogP contribution in [0.1, 0.15) is 24.5 Å². The lowest BCUT2D eigenvalue weighted by Gasteiger charge is -2.42. The van der Waals surface area contributed by atoms with Gasteiger partial charge in [0.05, 0.1) is 13.0 Å². The van der Waals surface area contributed by atoms with Crippen molar-refractivity contribution >= 4 is 11.6 Å². The summed E-state index contributed by atoms with van der Waals surface area (Å²) in [6.45, 7) is 4.30. The van der Waals surface area contributed by atoms with Crippen molar-refractivity contribution in [3.05, 3.63) is 59.7 Å². The van der Waals surface area contributed by atoms with Gasteiger partial charge in [-0.25, -0.2) is 0 Å². The molecule has 1 heterocycles. The average molecular weight is 325 g/mol. The Balaban J connectivity index is 1.86. The number of benzene rings is 2. The fourth-order valence-electron chi connectivity index (χ4n) is 3.30. The van der Waals surface area contributed by atoms with E-state index in [-0.39, 0.29) is 5.91 Å². The number of rotatable bonds is 3. The lowest BCUT2D eigenvalue weighted by Crippen LogP contribution is -2.52. The van der Waals surface area contributed by atoms with Gasteiger partial charge in [-0.2, -0.15) is 0 Å². The number of carbonyl (C=O) groups excluding carboxylic acids is 1. The molecule has 0 aromatic heterocycles. The van der Waals surface area contributed by atoms with Gasteiger partial charge in [0.25, 0.3) is 0 Å². The lowest BCUT2D eigenvalue weighted by molar-refractivity contribution is -0.136. The second-order valence-electron chi connectivity index (χ2n) is 6.45. The normalized spacial score (nSPS) is 24.1. The summed E-state index contributed by atoms with van der Waals surface area (Å²) in [5.74, 6) is 0.193. The number of amides is 1. The Morgan fingerprint density at radius 2 is 1.75 bits per heavy atom. The Morgan fingerprint density at radius 3 is 2.33 bits per heavy atom. The van der Waals surface area contributed by atoms with Crippen LogP contribution < -0.4 is 9.64 Å². The van der Waals surface area contributed by atoms with Gasteiger partial charge in [-0.05, 0) is 43.2 Å². The zero-order chi connectivity index (χ0) is 17.3. The molecule has 1 aliphatic rings. The standard InChI is InChI=1S/C20H23NO3/c1-14-4-6-16(7-5-14)20(23)12-13-21(19(22)15(20)2)17-8-10-18(24-3)11-9-17/h4-11,15,23H,12-13H2,1-3H3/t15-,20+/m0/s1. The summed E-state index contributed by atoms with van der Waals surface area (Å²) in [6.07, 6.45) is 0.509. The van der Waals surface area contributed by atoms with E-state index in [1.54, 1.807) is 18.9 Å². The van der Waals surface area contributed by atoms with E-state index in [0.29, 0.717) is 13.0 Å². The highest BCUT2D eigenvalue weighted by molar-refractivity contribution is 5.96. The summed E-state index contributed by atoms with van der Waals surface area (Å²) < 4.78 is 5.16. The van der Waals surface area contributed by atoms with Gasteiger partial charge in [0, 0.05) is 12.2 Å². The molecule has 0 spiro atoms. The molecule has 3 rings (SSSR count). The number of methoxy groups -OCH3 is 1. The van der Waals surface area contributed by atoms with E-state index in [9.17, 15) is 9.90 Å². The predicted octanol–water partition coefficient (Wildman–Crippen LogP) is 3.26. The highest BCUT2D eigenvalue weighted by atomic mass is 16.5. The number of nitrogens with zero attached hydrogens (tertiary/aromatic N) is 1. The Morgan fingerprint density at radius 1 is 1.12 bits per heavy atom. The molecule has 126 valence electrons. The van der Waals surface area contributed by atoms with Gasteiger partial charge in [0.15, 0.2) is 0 Å². The summed E-state index contributed by atoms with van der Waals surface area (Å²) >= 11 is 0. The number of aryl methyl sites for hydroxylation is 1. The maximum absolute atomic E-state index is 12.9. The molecule has 1 amide bonds. The van der Waals surface area contributed by atoms with E-state index in [4.69, 9.17) is 4.74 Å². The molecule has 0 saturated carbocycles. The van der Waals surface area contributed by atoms with Crippen molar-refractivity contribution in [2.75, 3.05) is 18.6 Å². The van der Waals surface area contributed by atoms with Crippen LogP contribution in [0.3, 0.4) is 0 Å². The van der Waals surface area contributed by atoms with Gasteiger partial charge in [-0.3, -0.25) is 4.79 Å². The Bertz CT molecular complexity index is 724. The Hall–Kier alpha value is -2.33.